The Bertz CT molecular complexity index is 855. The lowest BCUT2D eigenvalue weighted by Crippen LogP contribution is -2.46. The zero-order valence-corrected chi connectivity index (χ0v) is 13.5. The predicted octanol–water partition coefficient (Wildman–Crippen LogP) is 1.32. The van der Waals surface area contributed by atoms with Gasteiger partial charge in [0, 0.05) is 30.8 Å². The van der Waals surface area contributed by atoms with E-state index in [1.807, 2.05) is 34.8 Å². The number of carbonyl (C=O) groups excluding carboxylic acids is 1. The molecule has 1 amide bonds. The minimum Gasteiger partial charge on any atom is -0.331 e. The molecule has 124 valence electrons. The third-order valence-corrected chi connectivity index (χ3v) is 4.47. The van der Waals surface area contributed by atoms with Crippen molar-refractivity contribution in [3.05, 3.63) is 42.2 Å². The highest BCUT2D eigenvalue weighted by molar-refractivity contribution is 5.91. The Labute approximate surface area is 139 Å². The topological polar surface area (TPSA) is 81.2 Å². The molecule has 3 aromatic heterocycles. The number of rotatable bonds is 3. The quantitative estimate of drug-likeness (QED) is 0.725. The fraction of sp³-hybridized carbons (Fsp3) is 0.438. The first kappa shape index (κ1) is 14.8. The summed E-state index contributed by atoms with van der Waals surface area (Å²) in [5.41, 5.74) is 0.901. The minimum absolute atomic E-state index is 0.117. The van der Waals surface area contributed by atoms with E-state index in [1.54, 1.807) is 16.9 Å². The molecular formula is C16H19N7O. The monoisotopic (exact) mass is 325 g/mol. The molecule has 4 rings (SSSR count). The number of hydrogen-bond acceptors (Lipinski definition) is 5. The summed E-state index contributed by atoms with van der Waals surface area (Å²) in [6, 6.07) is 3.86. The van der Waals surface area contributed by atoms with E-state index in [1.165, 1.54) is 0 Å². The van der Waals surface area contributed by atoms with E-state index >= 15 is 0 Å². The molecular weight excluding hydrogens is 306 g/mol. The standard InChI is InChI=1S/C16H19N7O/c1-12-6-8-17-16-19-14(20-23(12)16)15(24)22-10-3-2-5-13(22)11-21-9-4-7-18-21/h4,6-9,13H,2-3,5,10-11H2,1H3/t13-/m0/s1. The van der Waals surface area contributed by atoms with Crippen LogP contribution in [0.25, 0.3) is 5.78 Å². The van der Waals surface area contributed by atoms with Gasteiger partial charge in [0.2, 0.25) is 5.82 Å². The molecule has 1 atom stereocenters. The van der Waals surface area contributed by atoms with Gasteiger partial charge in [0.25, 0.3) is 11.7 Å². The largest absolute Gasteiger partial charge is 0.331 e. The average Bonchev–Trinajstić information content (AvgIpc) is 3.25. The van der Waals surface area contributed by atoms with Gasteiger partial charge in [-0.05, 0) is 38.3 Å². The maximum atomic E-state index is 12.9. The molecule has 0 saturated carbocycles. The van der Waals surface area contributed by atoms with Gasteiger partial charge in [0.1, 0.15) is 0 Å². The summed E-state index contributed by atoms with van der Waals surface area (Å²) in [5.74, 6) is 0.542. The zero-order valence-electron chi connectivity index (χ0n) is 13.5. The van der Waals surface area contributed by atoms with Gasteiger partial charge in [-0.2, -0.15) is 10.1 Å². The van der Waals surface area contributed by atoms with Crippen LogP contribution in [-0.4, -0.2) is 52.8 Å². The van der Waals surface area contributed by atoms with Gasteiger partial charge in [0.15, 0.2) is 0 Å². The van der Waals surface area contributed by atoms with E-state index in [-0.39, 0.29) is 17.8 Å². The van der Waals surface area contributed by atoms with Crippen LogP contribution in [0, 0.1) is 6.92 Å². The van der Waals surface area contributed by atoms with Crippen LogP contribution in [0.4, 0.5) is 0 Å². The van der Waals surface area contributed by atoms with E-state index in [0.29, 0.717) is 12.3 Å². The third kappa shape index (κ3) is 2.64. The van der Waals surface area contributed by atoms with Crippen molar-refractivity contribution in [2.24, 2.45) is 0 Å². The van der Waals surface area contributed by atoms with Gasteiger partial charge in [-0.25, -0.2) is 9.50 Å². The van der Waals surface area contributed by atoms with Gasteiger partial charge in [-0.15, -0.1) is 5.10 Å². The second-order valence-electron chi connectivity index (χ2n) is 6.11. The molecule has 1 fully saturated rings. The number of carbonyl (C=O) groups is 1. The molecule has 0 aromatic carbocycles. The lowest BCUT2D eigenvalue weighted by Gasteiger charge is -2.34. The molecule has 1 saturated heterocycles. The lowest BCUT2D eigenvalue weighted by atomic mass is 10.0. The van der Waals surface area contributed by atoms with Crippen molar-refractivity contribution in [1.29, 1.82) is 0 Å². The zero-order chi connectivity index (χ0) is 16.5. The molecule has 8 heteroatoms. The molecule has 0 aliphatic carbocycles. The molecule has 3 aromatic rings. The van der Waals surface area contributed by atoms with Crippen LogP contribution in [0.1, 0.15) is 35.6 Å². The Morgan fingerprint density at radius 2 is 2.25 bits per heavy atom. The van der Waals surface area contributed by atoms with Crippen molar-refractivity contribution in [3.8, 4) is 0 Å². The van der Waals surface area contributed by atoms with Crippen LogP contribution in [0.5, 0.6) is 0 Å². The van der Waals surface area contributed by atoms with Crippen molar-refractivity contribution in [2.45, 2.75) is 38.8 Å². The van der Waals surface area contributed by atoms with Crippen molar-refractivity contribution >= 4 is 11.7 Å². The van der Waals surface area contributed by atoms with Crippen LogP contribution < -0.4 is 0 Å². The molecule has 0 spiro atoms. The Morgan fingerprint density at radius 1 is 1.33 bits per heavy atom. The summed E-state index contributed by atoms with van der Waals surface area (Å²) >= 11 is 0. The molecule has 1 aliphatic rings. The summed E-state index contributed by atoms with van der Waals surface area (Å²) in [5, 5.41) is 8.60. The van der Waals surface area contributed by atoms with Gasteiger partial charge < -0.3 is 4.90 Å². The highest BCUT2D eigenvalue weighted by Gasteiger charge is 2.30. The van der Waals surface area contributed by atoms with E-state index < -0.39 is 0 Å². The van der Waals surface area contributed by atoms with Crippen molar-refractivity contribution in [3.63, 3.8) is 0 Å². The summed E-state index contributed by atoms with van der Waals surface area (Å²) in [4.78, 5) is 23.3. The molecule has 4 heterocycles. The number of amides is 1. The maximum absolute atomic E-state index is 12.9. The second kappa shape index (κ2) is 6.03. The second-order valence-corrected chi connectivity index (χ2v) is 6.11. The van der Waals surface area contributed by atoms with Gasteiger partial charge in [-0.1, -0.05) is 0 Å². The van der Waals surface area contributed by atoms with E-state index in [0.717, 1.165) is 31.5 Å². The lowest BCUT2D eigenvalue weighted by molar-refractivity contribution is 0.0571. The Morgan fingerprint density at radius 3 is 3.04 bits per heavy atom. The summed E-state index contributed by atoms with van der Waals surface area (Å²) in [7, 11) is 0. The molecule has 0 bridgehead atoms. The van der Waals surface area contributed by atoms with Gasteiger partial charge >= 0.3 is 0 Å². The fourth-order valence-electron chi connectivity index (χ4n) is 3.21. The Hall–Kier alpha value is -2.77. The Balaban J connectivity index is 1.61. The van der Waals surface area contributed by atoms with Crippen molar-refractivity contribution < 1.29 is 4.79 Å². The third-order valence-electron chi connectivity index (χ3n) is 4.47. The minimum atomic E-state index is -0.128. The smallest absolute Gasteiger partial charge is 0.293 e. The number of aryl methyl sites for hydroxylation is 1. The van der Waals surface area contributed by atoms with Crippen LogP contribution in [0.2, 0.25) is 0 Å². The number of hydrogen-bond donors (Lipinski definition) is 0. The van der Waals surface area contributed by atoms with Crippen molar-refractivity contribution in [1.82, 2.24) is 34.3 Å². The molecule has 0 radical (unpaired) electrons. The molecule has 8 nitrogen and oxygen atoms in total. The first-order valence-electron chi connectivity index (χ1n) is 8.19. The number of aromatic nitrogens is 6. The number of nitrogens with zero attached hydrogens (tertiary/aromatic N) is 7. The van der Waals surface area contributed by atoms with Gasteiger partial charge in [0.05, 0.1) is 12.6 Å². The Kier molecular flexibility index (Phi) is 3.72. The molecule has 24 heavy (non-hydrogen) atoms. The average molecular weight is 325 g/mol. The van der Waals surface area contributed by atoms with E-state index in [4.69, 9.17) is 0 Å². The summed E-state index contributed by atoms with van der Waals surface area (Å²) in [6.07, 6.45) is 8.45. The fourth-order valence-corrected chi connectivity index (χ4v) is 3.21. The summed E-state index contributed by atoms with van der Waals surface area (Å²) < 4.78 is 3.48. The van der Waals surface area contributed by atoms with Crippen LogP contribution in [-0.2, 0) is 6.54 Å². The molecule has 1 aliphatic heterocycles. The van der Waals surface area contributed by atoms with Crippen LogP contribution in [0.3, 0.4) is 0 Å². The van der Waals surface area contributed by atoms with Crippen LogP contribution in [0.15, 0.2) is 30.7 Å². The summed E-state index contributed by atoms with van der Waals surface area (Å²) in [6.45, 7) is 3.34. The first-order valence-corrected chi connectivity index (χ1v) is 8.19. The number of fused-ring (bicyclic) bond motifs is 1. The number of piperidine rings is 1. The number of likely N-dealkylation sites (tertiary alicyclic amines) is 1. The SMILES string of the molecule is Cc1ccnc2nc(C(=O)N3CCCC[C@H]3Cn3cccn3)nn12. The van der Waals surface area contributed by atoms with Gasteiger partial charge in [-0.3, -0.25) is 9.48 Å². The highest BCUT2D eigenvalue weighted by atomic mass is 16.2. The van der Waals surface area contributed by atoms with E-state index in [2.05, 4.69) is 20.2 Å². The maximum Gasteiger partial charge on any atom is 0.293 e. The van der Waals surface area contributed by atoms with Crippen molar-refractivity contribution in [2.75, 3.05) is 6.54 Å². The van der Waals surface area contributed by atoms with E-state index in [9.17, 15) is 4.79 Å². The highest BCUT2D eigenvalue weighted by Crippen LogP contribution is 2.20. The normalized spacial score (nSPS) is 18.2. The molecule has 0 unspecified atom stereocenters. The molecule has 0 N–H and O–H groups in total. The van der Waals surface area contributed by atoms with Crippen LogP contribution >= 0.6 is 0 Å². The first-order chi connectivity index (χ1) is 11.7. The predicted molar refractivity (Wildman–Crippen MR) is 86.4 cm³/mol.